The van der Waals surface area contributed by atoms with E-state index in [2.05, 4.69) is 230 Å². The molecule has 0 amide bonds. The number of aryl methyl sites for hydroxylation is 5. The Kier molecular flexibility index (Phi) is 54.7. The maximum absolute atomic E-state index is 14.3. The molecule has 1 atom stereocenters. The second-order valence-electron chi connectivity index (χ2n) is 49.6. The standard InChI is InChI=1S/C35H62O3.C27H31O3P.C25H44OS2.C22H30O2S.C21H34O3/c1-8-9-10-11-12-13-14-15-16-17-18-19-20-21-22-23-26-38-32(36)25-24-29-27-30(34(2,3)4)33(37)31(28-29)35(5,6)7;1-26(2,3)21-15-18(16-22(25(21)28)27(4,5)6)17-31(29)24-14-10-8-12-20(24)19-11-7-9-13-23(19)30-31;1-4-6-8-10-12-14-16-27-20-23-18-22(3)25(26)24(19-23)21-28-17-15-13-11-9-7-5-2;1-13-9-17(23)15(21(3,4)5)11-19(13)25-20-12-16(22(6,7)8)18(24)10-14(20)2;1-8-9-12-24-18(22)11-10-15-13-16(20(2,3)4)19(23)17(14-15)21(5,6)7/h27-28,37H,8-26H2,1-7H3;7-16,28H,17H2,1-6H3;18-19,26H,4-17,20-21H2,1-3H3;9-12,23-24H,1-8H3;13-14,23H,8-12H2,1-7H3. The van der Waals surface area contributed by atoms with Crippen molar-refractivity contribution in [3.63, 3.8) is 0 Å². The summed E-state index contributed by atoms with van der Waals surface area (Å²) in [6.07, 6.45) is 42.1. The molecule has 8 aromatic carbocycles. The number of thioether (sulfide) groups is 2. The number of esters is 2. The molecule has 1 aliphatic heterocycles. The van der Waals surface area contributed by atoms with Gasteiger partial charge < -0.3 is 44.6 Å². The van der Waals surface area contributed by atoms with E-state index in [-0.39, 0.29) is 61.4 Å². The Morgan fingerprint density at radius 1 is 0.315 bits per heavy atom. The number of para-hydroxylation sites is 1. The number of unbranched alkanes of at least 4 members (excludes halogenated alkanes) is 26. The molecule has 8 aromatic rings. The maximum Gasteiger partial charge on any atom is 0.306 e. The van der Waals surface area contributed by atoms with Crippen LogP contribution in [0, 0.1) is 20.8 Å². The van der Waals surface area contributed by atoms with Crippen LogP contribution in [-0.2, 0) is 97.5 Å². The molecular formula is C130H201O12PS3. The zero-order valence-corrected chi connectivity index (χ0v) is 101. The van der Waals surface area contributed by atoms with Gasteiger partial charge in [0.15, 0.2) is 0 Å². The summed E-state index contributed by atoms with van der Waals surface area (Å²) in [5.41, 5.74) is 16.8. The predicted octanol–water partition coefficient (Wildman–Crippen LogP) is 38.5. The summed E-state index contributed by atoms with van der Waals surface area (Å²) in [5.74, 6) is 7.20. The molecule has 0 bridgehead atoms. The molecule has 1 heterocycles. The SMILES string of the molecule is CC(C)(C)c1cc(CP2(=O)Oc3ccccc3-c3ccccc32)cc(C(C)(C)C)c1O.CCCCCCCCCCCCCCCCCCOC(=O)CCc1cc(C(C)(C)C)c(O)c(C(C)(C)C)c1.CCCCCCCCSCc1cc(C)c(O)c(CSCCCCCCCC)c1.CCCCOC(=O)CCc1cc(C(C)(C)C)c(O)c(C(C)(C)C)c1.Cc1cc(O)c(C(C)(C)C)cc1Sc1cc(C(C)(C)C)c(O)cc1C. The van der Waals surface area contributed by atoms with Gasteiger partial charge in [0.2, 0.25) is 0 Å². The lowest BCUT2D eigenvalue weighted by atomic mass is 9.78. The first-order valence-electron chi connectivity index (χ1n) is 56.0. The Morgan fingerprint density at radius 3 is 0.979 bits per heavy atom. The Bertz CT molecular complexity index is 5140. The van der Waals surface area contributed by atoms with Crippen LogP contribution in [0.1, 0.15) is 488 Å². The van der Waals surface area contributed by atoms with Gasteiger partial charge >= 0.3 is 11.9 Å². The fourth-order valence-electron chi connectivity index (χ4n) is 18.4. The van der Waals surface area contributed by atoms with Crippen LogP contribution in [0.5, 0.6) is 40.2 Å². The molecule has 816 valence electrons. The third-order valence-electron chi connectivity index (χ3n) is 27.4. The molecule has 12 nitrogen and oxygen atoms in total. The first kappa shape index (κ1) is 129. The van der Waals surface area contributed by atoms with Crippen molar-refractivity contribution in [2.24, 2.45) is 0 Å². The van der Waals surface area contributed by atoms with Crippen LogP contribution in [0.25, 0.3) is 11.1 Å². The molecular weight excluding hydrogens is 1880 g/mol. The molecule has 0 spiro atoms. The van der Waals surface area contributed by atoms with Crippen LogP contribution >= 0.6 is 42.7 Å². The lowest BCUT2D eigenvalue weighted by Gasteiger charge is -2.31. The van der Waals surface area contributed by atoms with Gasteiger partial charge in [-0.15, -0.1) is 0 Å². The molecule has 0 radical (unpaired) electrons. The van der Waals surface area contributed by atoms with E-state index in [0.29, 0.717) is 79.1 Å². The highest BCUT2D eigenvalue weighted by Gasteiger charge is 2.39. The van der Waals surface area contributed by atoms with Crippen molar-refractivity contribution in [1.82, 2.24) is 0 Å². The number of phenolic OH excluding ortho intramolecular Hbond substituents is 6. The normalized spacial score (nSPS) is 13.3. The summed E-state index contributed by atoms with van der Waals surface area (Å²) < 4.78 is 31.3. The highest BCUT2D eigenvalue weighted by atomic mass is 32.2. The number of rotatable bonds is 48. The van der Waals surface area contributed by atoms with Gasteiger partial charge in [-0.05, 0) is 228 Å². The van der Waals surface area contributed by atoms with Crippen molar-refractivity contribution in [2.75, 3.05) is 24.7 Å². The van der Waals surface area contributed by atoms with E-state index in [1.807, 2.05) is 129 Å². The van der Waals surface area contributed by atoms with Crippen molar-refractivity contribution < 1.29 is 58.8 Å². The third-order valence-corrected chi connectivity index (χ3v) is 33.3. The lowest BCUT2D eigenvalue weighted by Crippen LogP contribution is -2.21. The van der Waals surface area contributed by atoms with E-state index in [9.17, 15) is 44.8 Å². The third kappa shape index (κ3) is 44.9. The Hall–Kier alpha value is -7.42. The van der Waals surface area contributed by atoms with Crippen LogP contribution < -0.4 is 9.83 Å². The number of benzene rings is 8. The zero-order chi connectivity index (χ0) is 109. The van der Waals surface area contributed by atoms with E-state index >= 15 is 0 Å². The molecule has 1 unspecified atom stereocenters. The average Bonchev–Trinajstić information content (AvgIpc) is 0.740. The minimum Gasteiger partial charge on any atom is -0.508 e. The van der Waals surface area contributed by atoms with E-state index in [4.69, 9.17) is 14.0 Å². The van der Waals surface area contributed by atoms with Crippen LogP contribution in [0.15, 0.2) is 131 Å². The molecule has 0 saturated heterocycles. The fourth-order valence-corrected chi connectivity index (χ4v) is 23.7. The predicted molar refractivity (Wildman–Crippen MR) is 632 cm³/mol. The summed E-state index contributed by atoms with van der Waals surface area (Å²) in [6.45, 7) is 66.4. The highest BCUT2D eigenvalue weighted by Crippen LogP contribution is 2.58. The summed E-state index contributed by atoms with van der Waals surface area (Å²) in [5, 5.41) is 64.4. The van der Waals surface area contributed by atoms with Crippen molar-refractivity contribution >= 4 is 59.9 Å². The molecule has 1 aliphatic rings. The van der Waals surface area contributed by atoms with Gasteiger partial charge in [-0.2, -0.15) is 23.5 Å². The number of ether oxygens (including phenoxy) is 2. The topological polar surface area (TPSA) is 200 Å². The number of carbonyl (C=O) groups excluding carboxylic acids is 2. The largest absolute Gasteiger partial charge is 0.508 e. The van der Waals surface area contributed by atoms with Gasteiger partial charge in [0.25, 0.3) is 7.37 Å². The molecule has 0 saturated carbocycles. The monoisotopic (exact) mass is 2080 g/mol. The minimum atomic E-state index is -3.20. The summed E-state index contributed by atoms with van der Waals surface area (Å²) >= 11 is 5.72. The van der Waals surface area contributed by atoms with Gasteiger partial charge in [-0.3, -0.25) is 14.2 Å². The number of phenols is 6. The minimum absolute atomic E-state index is 0.117. The second kappa shape index (κ2) is 61.9. The highest BCUT2D eigenvalue weighted by molar-refractivity contribution is 7.99. The number of fused-ring (bicyclic) bond motifs is 3. The van der Waals surface area contributed by atoms with Gasteiger partial charge in [-0.1, -0.05) is 457 Å². The van der Waals surface area contributed by atoms with Gasteiger partial charge in [-0.25, -0.2) is 0 Å². The lowest BCUT2D eigenvalue weighted by molar-refractivity contribution is -0.144. The number of hydrogen-bond acceptors (Lipinski definition) is 15. The fraction of sp³-hybridized carbons (Fsp3) is 0.615. The summed E-state index contributed by atoms with van der Waals surface area (Å²) in [6, 6.07) is 40.1. The summed E-state index contributed by atoms with van der Waals surface area (Å²) in [4.78, 5) is 26.5. The van der Waals surface area contributed by atoms with Crippen molar-refractivity contribution in [2.45, 2.75) is 504 Å². The Labute approximate surface area is 902 Å². The smallest absolute Gasteiger partial charge is 0.306 e. The first-order chi connectivity index (χ1) is 68.3. The van der Waals surface area contributed by atoms with Crippen LogP contribution in [0.2, 0.25) is 0 Å². The van der Waals surface area contributed by atoms with Crippen molar-refractivity contribution in [3.8, 4) is 51.4 Å². The van der Waals surface area contributed by atoms with E-state index in [0.717, 1.165) is 147 Å². The number of aromatic hydroxyl groups is 6. The van der Waals surface area contributed by atoms with Crippen molar-refractivity contribution in [1.29, 1.82) is 0 Å². The summed E-state index contributed by atoms with van der Waals surface area (Å²) in [7, 11) is -3.20. The van der Waals surface area contributed by atoms with Gasteiger partial charge in [0.1, 0.15) is 40.2 Å². The van der Waals surface area contributed by atoms with Gasteiger partial charge in [0, 0.05) is 56.4 Å². The van der Waals surface area contributed by atoms with Crippen molar-refractivity contribution in [3.05, 3.63) is 210 Å². The van der Waals surface area contributed by atoms with E-state index < -0.39 is 7.37 Å². The molecule has 16 heteroatoms. The zero-order valence-electron chi connectivity index (χ0n) is 97.3. The quantitative estimate of drug-likeness (QED) is 0.0119. The van der Waals surface area contributed by atoms with E-state index in [1.165, 1.54) is 184 Å². The average molecular weight is 2080 g/mol. The maximum atomic E-state index is 14.3. The number of carbonyl (C=O) groups is 2. The first-order valence-corrected chi connectivity index (χ1v) is 61.0. The van der Waals surface area contributed by atoms with Gasteiger partial charge in [0.05, 0.1) is 24.7 Å². The number of hydrogen-bond donors (Lipinski definition) is 6. The van der Waals surface area contributed by atoms with E-state index in [1.54, 1.807) is 11.8 Å². The second-order valence-corrected chi connectivity index (χ2v) is 55.2. The molecule has 9 rings (SSSR count). The van der Waals surface area contributed by atoms with Crippen LogP contribution in [0.4, 0.5) is 0 Å². The molecule has 0 aliphatic carbocycles. The molecule has 146 heavy (non-hydrogen) atoms. The molecule has 6 N–H and O–H groups in total. The molecule has 0 aromatic heterocycles. The molecule has 0 fully saturated rings. The van der Waals surface area contributed by atoms with Crippen LogP contribution in [0.3, 0.4) is 0 Å². The van der Waals surface area contributed by atoms with Crippen LogP contribution in [-0.4, -0.2) is 67.3 Å². The Balaban J connectivity index is 0.000000324. The Morgan fingerprint density at radius 2 is 0.623 bits per heavy atom.